The van der Waals surface area contributed by atoms with E-state index in [0.29, 0.717) is 0 Å². The molecule has 1 saturated carbocycles. The van der Waals surface area contributed by atoms with Crippen molar-refractivity contribution in [2.75, 3.05) is 7.11 Å². The molecular weight excluding hydrogens is 216 g/mol. The Morgan fingerprint density at radius 2 is 2.18 bits per heavy atom. The summed E-state index contributed by atoms with van der Waals surface area (Å²) in [5.74, 6) is 0.736. The van der Waals surface area contributed by atoms with Gasteiger partial charge in [0, 0.05) is 25.9 Å². The van der Waals surface area contributed by atoms with E-state index in [1.165, 1.54) is 0 Å². The van der Waals surface area contributed by atoms with Gasteiger partial charge in [-0.05, 0) is 31.6 Å². The molecular formula is C13H22N2O2. The van der Waals surface area contributed by atoms with E-state index in [-0.39, 0.29) is 0 Å². The van der Waals surface area contributed by atoms with Crippen molar-refractivity contribution in [2.24, 2.45) is 13.0 Å². The number of aliphatic hydroxyl groups is 1. The SMILES string of the molecule is COC1(C(O)c2cnn(C)c2)CCC(C)CC1. The number of aromatic nitrogens is 2. The lowest BCUT2D eigenvalue weighted by molar-refractivity contribution is -0.130. The van der Waals surface area contributed by atoms with Crippen LogP contribution < -0.4 is 0 Å². The molecule has 1 fully saturated rings. The predicted octanol–water partition coefficient (Wildman–Crippen LogP) is 2.05. The van der Waals surface area contributed by atoms with Gasteiger partial charge in [0.05, 0.1) is 11.8 Å². The maximum Gasteiger partial charge on any atom is 0.111 e. The monoisotopic (exact) mass is 238 g/mol. The number of ether oxygens (including phenoxy) is 1. The third-order valence-corrected chi connectivity index (χ3v) is 4.07. The second-order valence-corrected chi connectivity index (χ2v) is 5.30. The summed E-state index contributed by atoms with van der Waals surface area (Å²) < 4.78 is 7.38. The molecule has 96 valence electrons. The fraction of sp³-hybridized carbons (Fsp3) is 0.769. The first kappa shape index (κ1) is 12.6. The Hall–Kier alpha value is -0.870. The number of rotatable bonds is 3. The standard InChI is InChI=1S/C13H22N2O2/c1-10-4-6-13(17-3,7-5-10)12(16)11-8-14-15(2)9-11/h8-10,12,16H,4-7H2,1-3H3. The maximum atomic E-state index is 10.5. The van der Waals surface area contributed by atoms with Crippen LogP contribution in [-0.2, 0) is 11.8 Å². The van der Waals surface area contributed by atoms with Gasteiger partial charge in [0.15, 0.2) is 0 Å². The van der Waals surface area contributed by atoms with Crippen molar-refractivity contribution in [3.8, 4) is 0 Å². The van der Waals surface area contributed by atoms with Crippen molar-refractivity contribution in [1.29, 1.82) is 0 Å². The molecule has 0 aromatic carbocycles. The summed E-state index contributed by atoms with van der Waals surface area (Å²) in [5.41, 5.74) is 0.430. The van der Waals surface area contributed by atoms with E-state index in [0.717, 1.165) is 37.2 Å². The third-order valence-electron chi connectivity index (χ3n) is 4.07. The summed E-state index contributed by atoms with van der Waals surface area (Å²) in [6.45, 7) is 2.26. The average molecular weight is 238 g/mol. The summed E-state index contributed by atoms with van der Waals surface area (Å²) in [5, 5.41) is 14.6. The molecule has 1 heterocycles. The number of hydrogen-bond donors (Lipinski definition) is 1. The molecule has 1 aromatic rings. The molecule has 0 amide bonds. The molecule has 0 radical (unpaired) electrons. The van der Waals surface area contributed by atoms with Crippen molar-refractivity contribution in [2.45, 2.75) is 44.3 Å². The van der Waals surface area contributed by atoms with E-state index < -0.39 is 11.7 Å². The lowest BCUT2D eigenvalue weighted by Gasteiger charge is -2.41. The van der Waals surface area contributed by atoms with Crippen LogP contribution in [-0.4, -0.2) is 27.6 Å². The molecule has 4 heteroatoms. The van der Waals surface area contributed by atoms with Crippen LogP contribution in [0.2, 0.25) is 0 Å². The van der Waals surface area contributed by atoms with Gasteiger partial charge in [0.25, 0.3) is 0 Å². The van der Waals surface area contributed by atoms with E-state index in [9.17, 15) is 5.11 Å². The topological polar surface area (TPSA) is 47.3 Å². The lowest BCUT2D eigenvalue weighted by atomic mass is 9.75. The fourth-order valence-electron chi connectivity index (χ4n) is 2.73. The zero-order chi connectivity index (χ0) is 12.5. The Labute approximate surface area is 103 Å². The van der Waals surface area contributed by atoms with Crippen LogP contribution in [0.5, 0.6) is 0 Å². The van der Waals surface area contributed by atoms with E-state index in [1.807, 2.05) is 13.2 Å². The molecule has 1 aliphatic carbocycles. The maximum absolute atomic E-state index is 10.5. The van der Waals surface area contributed by atoms with Crippen LogP contribution in [0.15, 0.2) is 12.4 Å². The van der Waals surface area contributed by atoms with Crippen molar-refractivity contribution in [1.82, 2.24) is 9.78 Å². The first-order chi connectivity index (χ1) is 8.07. The molecule has 0 aliphatic heterocycles. The summed E-state index contributed by atoms with van der Waals surface area (Å²) in [6, 6.07) is 0. The molecule has 1 aromatic heterocycles. The Morgan fingerprint density at radius 3 is 2.65 bits per heavy atom. The van der Waals surface area contributed by atoms with Crippen LogP contribution >= 0.6 is 0 Å². The van der Waals surface area contributed by atoms with Crippen LogP contribution in [0.4, 0.5) is 0 Å². The van der Waals surface area contributed by atoms with Crippen molar-refractivity contribution >= 4 is 0 Å². The van der Waals surface area contributed by atoms with Crippen LogP contribution in [0.25, 0.3) is 0 Å². The smallest absolute Gasteiger partial charge is 0.111 e. The highest BCUT2D eigenvalue weighted by Gasteiger charge is 2.41. The van der Waals surface area contributed by atoms with Gasteiger partial charge in [-0.25, -0.2) is 0 Å². The van der Waals surface area contributed by atoms with Gasteiger partial charge in [-0.1, -0.05) is 6.92 Å². The zero-order valence-corrected chi connectivity index (χ0v) is 10.9. The van der Waals surface area contributed by atoms with Gasteiger partial charge in [0.2, 0.25) is 0 Å². The number of aryl methyl sites for hydroxylation is 1. The minimum Gasteiger partial charge on any atom is -0.385 e. The number of methoxy groups -OCH3 is 1. The van der Waals surface area contributed by atoms with E-state index in [2.05, 4.69) is 12.0 Å². The molecule has 0 bridgehead atoms. The molecule has 1 aliphatic rings. The van der Waals surface area contributed by atoms with Crippen LogP contribution in [0.3, 0.4) is 0 Å². The van der Waals surface area contributed by atoms with Gasteiger partial charge in [-0.2, -0.15) is 5.10 Å². The third kappa shape index (κ3) is 2.38. The zero-order valence-electron chi connectivity index (χ0n) is 10.9. The number of aliphatic hydroxyl groups excluding tert-OH is 1. The highest BCUT2D eigenvalue weighted by atomic mass is 16.5. The fourth-order valence-corrected chi connectivity index (χ4v) is 2.73. The molecule has 1 unspecified atom stereocenters. The Kier molecular flexibility index (Phi) is 3.54. The summed E-state index contributed by atoms with van der Waals surface area (Å²) in [6.07, 6.45) is 7.08. The summed E-state index contributed by atoms with van der Waals surface area (Å²) in [7, 11) is 3.56. The predicted molar refractivity (Wildman–Crippen MR) is 65.5 cm³/mol. The normalized spacial score (nSPS) is 31.4. The molecule has 17 heavy (non-hydrogen) atoms. The van der Waals surface area contributed by atoms with Crippen molar-refractivity contribution in [3.05, 3.63) is 18.0 Å². The minimum atomic E-state index is -0.575. The highest BCUT2D eigenvalue weighted by molar-refractivity contribution is 5.14. The van der Waals surface area contributed by atoms with Gasteiger partial charge >= 0.3 is 0 Å². The first-order valence-corrected chi connectivity index (χ1v) is 6.29. The second kappa shape index (κ2) is 4.78. The Morgan fingerprint density at radius 1 is 1.53 bits per heavy atom. The summed E-state index contributed by atoms with van der Waals surface area (Å²) in [4.78, 5) is 0. The van der Waals surface area contributed by atoms with Gasteiger partial charge in [0.1, 0.15) is 6.10 Å². The van der Waals surface area contributed by atoms with E-state index >= 15 is 0 Å². The quantitative estimate of drug-likeness (QED) is 0.876. The largest absolute Gasteiger partial charge is 0.385 e. The Bertz CT molecular complexity index is 367. The molecule has 1 atom stereocenters. The minimum absolute atomic E-state index is 0.421. The van der Waals surface area contributed by atoms with Gasteiger partial charge in [-0.3, -0.25) is 4.68 Å². The van der Waals surface area contributed by atoms with Crippen LogP contribution in [0.1, 0.15) is 44.3 Å². The molecule has 4 nitrogen and oxygen atoms in total. The van der Waals surface area contributed by atoms with Crippen molar-refractivity contribution in [3.63, 3.8) is 0 Å². The average Bonchev–Trinajstić information content (AvgIpc) is 2.76. The van der Waals surface area contributed by atoms with E-state index in [4.69, 9.17) is 4.74 Å². The molecule has 1 N–H and O–H groups in total. The van der Waals surface area contributed by atoms with Crippen LogP contribution in [0, 0.1) is 5.92 Å². The molecule has 2 rings (SSSR count). The van der Waals surface area contributed by atoms with Crippen molar-refractivity contribution < 1.29 is 9.84 Å². The summed E-state index contributed by atoms with van der Waals surface area (Å²) >= 11 is 0. The number of nitrogens with zero attached hydrogens (tertiary/aromatic N) is 2. The van der Waals surface area contributed by atoms with Gasteiger partial charge in [-0.15, -0.1) is 0 Å². The number of hydrogen-bond acceptors (Lipinski definition) is 3. The molecule has 0 spiro atoms. The molecule has 0 saturated heterocycles. The Balaban J connectivity index is 2.17. The lowest BCUT2D eigenvalue weighted by Crippen LogP contribution is -2.41. The van der Waals surface area contributed by atoms with Gasteiger partial charge < -0.3 is 9.84 Å². The highest BCUT2D eigenvalue weighted by Crippen LogP contribution is 2.42. The van der Waals surface area contributed by atoms with E-state index in [1.54, 1.807) is 18.0 Å². The first-order valence-electron chi connectivity index (χ1n) is 6.29. The second-order valence-electron chi connectivity index (χ2n) is 5.30.